The van der Waals surface area contributed by atoms with Crippen LogP contribution in [0.5, 0.6) is 5.75 Å². The smallest absolute Gasteiger partial charge is 0.294 e. The standard InChI is InChI=1S/C27H31N3O4S/c1-6-30-21-14-22(34-5)18(12-20(21)17(2)15-27(30,3)4)13-23-25(32)29(26(33)35-23)16-24(31)28-19-10-8-7-9-11-19/h7-14,17H,6,15-16H2,1-5H3,(H,28,31)/b23-13+. The van der Waals surface area contributed by atoms with Gasteiger partial charge in [0.15, 0.2) is 0 Å². The Morgan fingerprint density at radius 3 is 2.60 bits per heavy atom. The Kier molecular flexibility index (Phi) is 6.94. The summed E-state index contributed by atoms with van der Waals surface area (Å²) in [6.07, 6.45) is 2.70. The van der Waals surface area contributed by atoms with E-state index >= 15 is 0 Å². The van der Waals surface area contributed by atoms with Gasteiger partial charge in [-0.05, 0) is 74.7 Å². The van der Waals surface area contributed by atoms with E-state index in [-0.39, 0.29) is 17.0 Å². The molecule has 1 fully saturated rings. The van der Waals surface area contributed by atoms with Crippen molar-refractivity contribution in [1.82, 2.24) is 4.90 Å². The quantitative estimate of drug-likeness (QED) is 0.537. The van der Waals surface area contributed by atoms with Crippen LogP contribution in [0, 0.1) is 0 Å². The number of rotatable bonds is 6. The first-order valence-corrected chi connectivity index (χ1v) is 12.6. The average Bonchev–Trinajstić information content (AvgIpc) is 3.06. The van der Waals surface area contributed by atoms with E-state index in [1.807, 2.05) is 12.1 Å². The number of amides is 3. The van der Waals surface area contributed by atoms with Crippen LogP contribution >= 0.6 is 11.8 Å². The van der Waals surface area contributed by atoms with Gasteiger partial charge in [0, 0.05) is 35.1 Å². The van der Waals surface area contributed by atoms with Gasteiger partial charge in [-0.2, -0.15) is 0 Å². The molecule has 1 unspecified atom stereocenters. The first kappa shape index (κ1) is 24.9. The summed E-state index contributed by atoms with van der Waals surface area (Å²) in [6, 6.07) is 13.0. The molecule has 184 valence electrons. The summed E-state index contributed by atoms with van der Waals surface area (Å²) in [5.74, 6) is 0.0629. The second kappa shape index (κ2) is 9.77. The molecule has 2 aliphatic heterocycles. The van der Waals surface area contributed by atoms with Crippen LogP contribution in [0.2, 0.25) is 0 Å². The highest BCUT2D eigenvalue weighted by atomic mass is 32.2. The first-order chi connectivity index (χ1) is 16.6. The molecule has 0 aromatic heterocycles. The van der Waals surface area contributed by atoms with Gasteiger partial charge in [0.05, 0.1) is 12.0 Å². The SMILES string of the molecule is CCN1c2cc(OC)c(/C=C3/SC(=O)N(CC(=O)Nc4ccccc4)C3=O)cc2C(C)CC1(C)C. The number of nitrogens with zero attached hydrogens (tertiary/aromatic N) is 2. The fraction of sp³-hybridized carbons (Fsp3) is 0.370. The highest BCUT2D eigenvalue weighted by Crippen LogP contribution is 2.46. The van der Waals surface area contributed by atoms with Crippen molar-refractivity contribution < 1.29 is 19.1 Å². The lowest BCUT2D eigenvalue weighted by Gasteiger charge is -2.47. The maximum atomic E-state index is 13.0. The molecule has 3 amide bonds. The summed E-state index contributed by atoms with van der Waals surface area (Å²) < 4.78 is 5.68. The molecule has 1 atom stereocenters. The molecule has 7 nitrogen and oxygen atoms in total. The zero-order valence-corrected chi connectivity index (χ0v) is 21.6. The lowest BCUT2D eigenvalue weighted by molar-refractivity contribution is -0.127. The fourth-order valence-corrected chi connectivity index (χ4v) is 5.89. The minimum Gasteiger partial charge on any atom is -0.496 e. The van der Waals surface area contributed by atoms with E-state index in [9.17, 15) is 14.4 Å². The van der Waals surface area contributed by atoms with Crippen LogP contribution in [-0.4, -0.2) is 47.7 Å². The summed E-state index contributed by atoms with van der Waals surface area (Å²) in [4.78, 5) is 41.7. The topological polar surface area (TPSA) is 79.0 Å². The van der Waals surface area contributed by atoms with E-state index in [4.69, 9.17) is 4.74 Å². The molecular weight excluding hydrogens is 462 g/mol. The average molecular weight is 494 g/mol. The van der Waals surface area contributed by atoms with Crippen molar-refractivity contribution in [2.75, 3.05) is 30.4 Å². The Morgan fingerprint density at radius 1 is 1.23 bits per heavy atom. The second-order valence-corrected chi connectivity index (χ2v) is 10.5. The summed E-state index contributed by atoms with van der Waals surface area (Å²) in [7, 11) is 1.60. The molecule has 8 heteroatoms. The Bertz CT molecular complexity index is 1190. The molecule has 0 saturated carbocycles. The van der Waals surface area contributed by atoms with Gasteiger partial charge in [0.25, 0.3) is 11.1 Å². The van der Waals surface area contributed by atoms with Crippen LogP contribution in [0.25, 0.3) is 6.08 Å². The number of thioether (sulfide) groups is 1. The predicted molar refractivity (Wildman–Crippen MR) is 141 cm³/mol. The molecule has 1 saturated heterocycles. The maximum Gasteiger partial charge on any atom is 0.294 e. The van der Waals surface area contributed by atoms with Crippen LogP contribution in [0.4, 0.5) is 16.2 Å². The number of benzene rings is 2. The molecular formula is C27H31N3O4S. The number of imide groups is 1. The molecule has 35 heavy (non-hydrogen) atoms. The number of hydrogen-bond donors (Lipinski definition) is 1. The number of fused-ring (bicyclic) bond motifs is 1. The lowest BCUT2D eigenvalue weighted by atomic mass is 9.79. The number of ether oxygens (including phenoxy) is 1. The molecule has 0 spiro atoms. The molecule has 2 heterocycles. The van der Waals surface area contributed by atoms with Crippen LogP contribution in [0.3, 0.4) is 0 Å². The van der Waals surface area contributed by atoms with E-state index in [0.29, 0.717) is 17.4 Å². The van der Waals surface area contributed by atoms with Crippen LogP contribution in [0.1, 0.15) is 51.2 Å². The Hall–Kier alpha value is -3.26. The van der Waals surface area contributed by atoms with Crippen LogP contribution in [-0.2, 0) is 9.59 Å². The number of methoxy groups -OCH3 is 1. The third-order valence-corrected chi connectivity index (χ3v) is 7.48. The number of para-hydroxylation sites is 1. The fourth-order valence-electron chi connectivity index (χ4n) is 5.06. The second-order valence-electron chi connectivity index (χ2n) is 9.50. The Balaban J connectivity index is 1.60. The Labute approximate surface area is 210 Å². The van der Waals surface area contributed by atoms with Crippen molar-refractivity contribution in [3.63, 3.8) is 0 Å². The van der Waals surface area contributed by atoms with Gasteiger partial charge in [0.2, 0.25) is 5.91 Å². The van der Waals surface area contributed by atoms with Gasteiger partial charge in [-0.25, -0.2) is 0 Å². The number of hydrogen-bond acceptors (Lipinski definition) is 6. The van der Waals surface area contributed by atoms with Crippen molar-refractivity contribution >= 4 is 46.3 Å². The van der Waals surface area contributed by atoms with E-state index in [0.717, 1.165) is 40.9 Å². The third-order valence-electron chi connectivity index (χ3n) is 6.57. The molecule has 2 aromatic carbocycles. The highest BCUT2D eigenvalue weighted by molar-refractivity contribution is 8.18. The van der Waals surface area contributed by atoms with E-state index in [2.05, 4.69) is 44.0 Å². The van der Waals surface area contributed by atoms with E-state index in [1.54, 1.807) is 37.5 Å². The number of carbonyl (C=O) groups is 3. The summed E-state index contributed by atoms with van der Waals surface area (Å²) >= 11 is 0.840. The zero-order valence-electron chi connectivity index (χ0n) is 20.8. The predicted octanol–water partition coefficient (Wildman–Crippen LogP) is 5.48. The first-order valence-electron chi connectivity index (χ1n) is 11.7. The van der Waals surface area contributed by atoms with Gasteiger partial charge in [0.1, 0.15) is 12.3 Å². The van der Waals surface area contributed by atoms with Crippen molar-refractivity contribution in [2.45, 2.75) is 45.6 Å². The molecule has 0 aliphatic carbocycles. The van der Waals surface area contributed by atoms with Gasteiger partial charge in [-0.1, -0.05) is 25.1 Å². The van der Waals surface area contributed by atoms with Crippen LogP contribution in [0.15, 0.2) is 47.4 Å². The van der Waals surface area contributed by atoms with E-state index in [1.165, 1.54) is 5.56 Å². The molecule has 4 rings (SSSR count). The minimum atomic E-state index is -0.479. The summed E-state index contributed by atoms with van der Waals surface area (Å²) in [5.41, 5.74) is 3.71. The van der Waals surface area contributed by atoms with Crippen molar-refractivity contribution in [3.8, 4) is 5.75 Å². The van der Waals surface area contributed by atoms with Crippen molar-refractivity contribution in [3.05, 3.63) is 58.5 Å². The van der Waals surface area contributed by atoms with Crippen LogP contribution < -0.4 is 15.0 Å². The highest BCUT2D eigenvalue weighted by Gasteiger charge is 2.38. The number of anilines is 2. The largest absolute Gasteiger partial charge is 0.496 e. The normalized spacial score (nSPS) is 20.3. The molecule has 0 bridgehead atoms. The van der Waals surface area contributed by atoms with Crippen molar-refractivity contribution in [2.24, 2.45) is 0 Å². The molecule has 2 aliphatic rings. The Morgan fingerprint density at radius 2 is 1.94 bits per heavy atom. The summed E-state index contributed by atoms with van der Waals surface area (Å²) in [6.45, 7) is 9.39. The summed E-state index contributed by atoms with van der Waals surface area (Å²) in [5, 5.41) is 2.25. The minimum absolute atomic E-state index is 0.0245. The maximum absolute atomic E-state index is 13.0. The lowest BCUT2D eigenvalue weighted by Crippen LogP contribution is -2.48. The monoisotopic (exact) mass is 493 g/mol. The van der Waals surface area contributed by atoms with Crippen molar-refractivity contribution in [1.29, 1.82) is 0 Å². The zero-order chi connectivity index (χ0) is 25.3. The van der Waals surface area contributed by atoms with E-state index < -0.39 is 17.1 Å². The molecule has 1 N–H and O–H groups in total. The third kappa shape index (κ3) is 4.93. The van der Waals surface area contributed by atoms with Gasteiger partial charge < -0.3 is 15.0 Å². The molecule has 0 radical (unpaired) electrons. The van der Waals surface area contributed by atoms with Gasteiger partial charge >= 0.3 is 0 Å². The number of nitrogens with one attached hydrogen (secondary N) is 1. The van der Waals surface area contributed by atoms with Gasteiger partial charge in [-0.15, -0.1) is 0 Å². The molecule has 2 aromatic rings. The number of carbonyl (C=O) groups excluding carboxylic acids is 3. The van der Waals surface area contributed by atoms with Gasteiger partial charge in [-0.3, -0.25) is 19.3 Å².